The van der Waals surface area contributed by atoms with Crippen molar-refractivity contribution in [2.45, 2.75) is 12.6 Å². The molecule has 10 heteroatoms. The number of aromatic hydroxyl groups is 1. The minimum atomic E-state index is -4.54. The van der Waals surface area contributed by atoms with E-state index in [-0.39, 0.29) is 17.2 Å². The molecule has 0 aliphatic rings. The highest BCUT2D eigenvalue weighted by atomic mass is 19.4. The molecule has 2 aromatic rings. The summed E-state index contributed by atoms with van der Waals surface area (Å²) >= 11 is 0. The Morgan fingerprint density at radius 2 is 1.93 bits per heavy atom. The van der Waals surface area contributed by atoms with Gasteiger partial charge in [0.2, 0.25) is 11.8 Å². The molecule has 28 heavy (non-hydrogen) atoms. The van der Waals surface area contributed by atoms with Crippen molar-refractivity contribution < 1.29 is 32.6 Å². The van der Waals surface area contributed by atoms with E-state index >= 15 is 0 Å². The van der Waals surface area contributed by atoms with Gasteiger partial charge in [0.05, 0.1) is 18.9 Å². The van der Waals surface area contributed by atoms with Crippen LogP contribution in [0.15, 0.2) is 47.6 Å². The first-order valence-electron chi connectivity index (χ1n) is 7.85. The first-order valence-corrected chi connectivity index (χ1v) is 7.85. The summed E-state index contributed by atoms with van der Waals surface area (Å²) in [5.74, 6) is -1.39. The van der Waals surface area contributed by atoms with Gasteiger partial charge in [0, 0.05) is 5.69 Å². The van der Waals surface area contributed by atoms with Gasteiger partial charge >= 0.3 is 6.18 Å². The number of anilines is 1. The van der Waals surface area contributed by atoms with Crippen LogP contribution in [0, 0.1) is 0 Å². The maximum atomic E-state index is 12.7. The van der Waals surface area contributed by atoms with Gasteiger partial charge in [-0.25, -0.2) is 5.43 Å². The number of carbonyl (C=O) groups is 2. The number of rotatable bonds is 6. The highest BCUT2D eigenvalue weighted by Gasteiger charge is 2.30. The van der Waals surface area contributed by atoms with Gasteiger partial charge in [0.1, 0.15) is 6.42 Å². The number of halogens is 3. The lowest BCUT2D eigenvalue weighted by molar-refractivity contribution is -0.137. The van der Waals surface area contributed by atoms with E-state index in [9.17, 15) is 27.9 Å². The molecule has 0 aliphatic carbocycles. The topological polar surface area (TPSA) is 100 Å². The van der Waals surface area contributed by atoms with E-state index in [2.05, 4.69) is 15.8 Å². The van der Waals surface area contributed by atoms with E-state index in [1.807, 2.05) is 0 Å². The molecule has 0 saturated carbocycles. The Morgan fingerprint density at radius 3 is 2.61 bits per heavy atom. The first kappa shape index (κ1) is 20.7. The van der Waals surface area contributed by atoms with Crippen molar-refractivity contribution >= 4 is 23.7 Å². The molecule has 0 radical (unpaired) electrons. The van der Waals surface area contributed by atoms with Gasteiger partial charge in [-0.15, -0.1) is 0 Å². The molecule has 0 aromatic heterocycles. The number of phenolic OH excluding ortho intramolecular Hbond substituents is 1. The molecular formula is C18H16F3N3O4. The predicted octanol–water partition coefficient (Wildman–Crippen LogP) is 2.90. The fourth-order valence-corrected chi connectivity index (χ4v) is 2.12. The van der Waals surface area contributed by atoms with Crippen LogP contribution in [0.4, 0.5) is 18.9 Å². The lowest BCUT2D eigenvalue weighted by Gasteiger charge is -2.09. The van der Waals surface area contributed by atoms with Crippen molar-refractivity contribution in [3.8, 4) is 11.5 Å². The van der Waals surface area contributed by atoms with Gasteiger partial charge in [-0.3, -0.25) is 9.59 Å². The second kappa shape index (κ2) is 8.89. The van der Waals surface area contributed by atoms with Crippen molar-refractivity contribution in [3.63, 3.8) is 0 Å². The number of ether oxygens (including phenoxy) is 1. The van der Waals surface area contributed by atoms with E-state index in [1.54, 1.807) is 0 Å². The third-order valence-electron chi connectivity index (χ3n) is 3.40. The molecule has 0 saturated heterocycles. The summed E-state index contributed by atoms with van der Waals surface area (Å²) in [7, 11) is 1.38. The van der Waals surface area contributed by atoms with Crippen molar-refractivity contribution in [1.29, 1.82) is 0 Å². The Kier molecular flexibility index (Phi) is 6.59. The first-order chi connectivity index (χ1) is 13.2. The van der Waals surface area contributed by atoms with Crippen LogP contribution >= 0.6 is 0 Å². The van der Waals surface area contributed by atoms with Crippen LogP contribution in [0.25, 0.3) is 0 Å². The fourth-order valence-electron chi connectivity index (χ4n) is 2.12. The summed E-state index contributed by atoms with van der Waals surface area (Å²) in [4.78, 5) is 23.5. The van der Waals surface area contributed by atoms with Gasteiger partial charge in [0.25, 0.3) is 0 Å². The summed E-state index contributed by atoms with van der Waals surface area (Å²) in [5.41, 5.74) is 1.65. The maximum Gasteiger partial charge on any atom is 0.416 e. The van der Waals surface area contributed by atoms with Gasteiger partial charge in [-0.05, 0) is 42.0 Å². The molecule has 2 aromatic carbocycles. The number of hydrogen-bond acceptors (Lipinski definition) is 5. The Balaban J connectivity index is 1.88. The van der Waals surface area contributed by atoms with Crippen LogP contribution < -0.4 is 15.5 Å². The molecule has 2 rings (SSSR count). The summed E-state index contributed by atoms with van der Waals surface area (Å²) in [6.07, 6.45) is -3.90. The number of benzene rings is 2. The molecule has 2 amide bonds. The number of carbonyl (C=O) groups excluding carboxylic acids is 2. The van der Waals surface area contributed by atoms with Crippen LogP contribution in [0.2, 0.25) is 0 Å². The average Bonchev–Trinajstić information content (AvgIpc) is 2.62. The van der Waals surface area contributed by atoms with Crippen LogP contribution in [-0.2, 0) is 15.8 Å². The van der Waals surface area contributed by atoms with Gasteiger partial charge in [-0.2, -0.15) is 18.3 Å². The number of hydrogen-bond donors (Lipinski definition) is 3. The van der Waals surface area contributed by atoms with Crippen LogP contribution in [0.1, 0.15) is 17.5 Å². The Labute approximate surface area is 157 Å². The maximum absolute atomic E-state index is 12.7. The van der Waals surface area contributed by atoms with Crippen LogP contribution in [-0.4, -0.2) is 30.2 Å². The molecule has 0 unspecified atom stereocenters. The van der Waals surface area contributed by atoms with E-state index in [4.69, 9.17) is 4.74 Å². The highest BCUT2D eigenvalue weighted by molar-refractivity contribution is 6.03. The summed E-state index contributed by atoms with van der Waals surface area (Å²) in [5, 5.41) is 15.4. The van der Waals surface area contributed by atoms with Crippen molar-refractivity contribution in [1.82, 2.24) is 5.43 Å². The molecule has 0 aliphatic heterocycles. The number of amides is 2. The second-order valence-corrected chi connectivity index (χ2v) is 5.53. The largest absolute Gasteiger partial charge is 0.504 e. The van der Waals surface area contributed by atoms with Crippen LogP contribution in [0.3, 0.4) is 0 Å². The van der Waals surface area contributed by atoms with Gasteiger partial charge < -0.3 is 15.2 Å². The Hall–Kier alpha value is -3.56. The standard InChI is InChI=1S/C18H16F3N3O4/c1-28-15-7-11(5-6-14(15)25)10-22-24-17(27)9-16(26)23-13-4-2-3-12(8-13)18(19,20)21/h2-8,10,25H,9H2,1H3,(H,23,26)(H,24,27)/b22-10-. The second-order valence-electron chi connectivity index (χ2n) is 5.53. The zero-order chi connectivity index (χ0) is 20.7. The predicted molar refractivity (Wildman–Crippen MR) is 95.1 cm³/mol. The molecule has 3 N–H and O–H groups in total. The minimum absolute atomic E-state index is 0.0602. The highest BCUT2D eigenvalue weighted by Crippen LogP contribution is 2.30. The number of nitrogens with zero attached hydrogens (tertiary/aromatic N) is 1. The summed E-state index contributed by atoms with van der Waals surface area (Å²) in [6, 6.07) is 8.45. The summed E-state index contributed by atoms with van der Waals surface area (Å²) < 4.78 is 42.9. The SMILES string of the molecule is COc1cc(/C=N\NC(=O)CC(=O)Nc2cccc(C(F)(F)F)c2)ccc1O. The third kappa shape index (κ3) is 6.01. The van der Waals surface area contributed by atoms with Crippen molar-refractivity contribution in [3.05, 3.63) is 53.6 Å². The molecule has 0 spiro atoms. The number of hydrazone groups is 1. The van der Waals surface area contributed by atoms with E-state index < -0.39 is 30.0 Å². The third-order valence-corrected chi connectivity index (χ3v) is 3.40. The zero-order valence-electron chi connectivity index (χ0n) is 14.6. The van der Waals surface area contributed by atoms with Crippen molar-refractivity contribution in [2.75, 3.05) is 12.4 Å². The Bertz CT molecular complexity index is 898. The van der Waals surface area contributed by atoms with E-state index in [0.717, 1.165) is 18.2 Å². The molecular weight excluding hydrogens is 379 g/mol. The van der Waals surface area contributed by atoms with Crippen LogP contribution in [0.5, 0.6) is 11.5 Å². The molecule has 0 heterocycles. The smallest absolute Gasteiger partial charge is 0.416 e. The Morgan fingerprint density at radius 1 is 1.18 bits per heavy atom. The minimum Gasteiger partial charge on any atom is -0.504 e. The lowest BCUT2D eigenvalue weighted by Crippen LogP contribution is -2.24. The zero-order valence-corrected chi connectivity index (χ0v) is 14.6. The number of methoxy groups -OCH3 is 1. The lowest BCUT2D eigenvalue weighted by atomic mass is 10.2. The molecule has 0 atom stereocenters. The number of phenols is 1. The van der Waals surface area contributed by atoms with Gasteiger partial charge in [0.15, 0.2) is 11.5 Å². The van der Waals surface area contributed by atoms with Crippen molar-refractivity contribution in [2.24, 2.45) is 5.10 Å². The molecule has 0 fully saturated rings. The number of alkyl halides is 3. The fraction of sp³-hybridized carbons (Fsp3) is 0.167. The molecule has 148 valence electrons. The molecule has 7 nitrogen and oxygen atoms in total. The molecule has 0 bridgehead atoms. The monoisotopic (exact) mass is 395 g/mol. The average molecular weight is 395 g/mol. The quantitative estimate of drug-likeness (QED) is 0.398. The van der Waals surface area contributed by atoms with E-state index in [0.29, 0.717) is 5.56 Å². The number of nitrogens with one attached hydrogen (secondary N) is 2. The normalized spacial score (nSPS) is 11.3. The summed E-state index contributed by atoms with van der Waals surface area (Å²) in [6.45, 7) is 0. The van der Waals surface area contributed by atoms with Gasteiger partial charge in [-0.1, -0.05) is 6.07 Å². The van der Waals surface area contributed by atoms with E-state index in [1.165, 1.54) is 37.6 Å².